The van der Waals surface area contributed by atoms with Gasteiger partial charge in [0.15, 0.2) is 6.29 Å². The van der Waals surface area contributed by atoms with Crippen LogP contribution in [0.25, 0.3) is 0 Å². The molecule has 218 valence electrons. The first-order valence-corrected chi connectivity index (χ1v) is 14.3. The van der Waals surface area contributed by atoms with Gasteiger partial charge in [-0.15, -0.1) is 0 Å². The van der Waals surface area contributed by atoms with E-state index >= 15 is 0 Å². The zero-order chi connectivity index (χ0) is 28.3. The highest BCUT2D eigenvalue weighted by molar-refractivity contribution is 5.73. The Balaban J connectivity index is 2.43. The highest BCUT2D eigenvalue weighted by Crippen LogP contribution is 2.35. The number of aliphatic hydroxyl groups excluding tert-OH is 1. The van der Waals surface area contributed by atoms with E-state index in [1.807, 2.05) is 46.6 Å². The molecule has 2 rings (SSSR count). The second-order valence-corrected chi connectivity index (χ2v) is 13.0. The zero-order valence-electron chi connectivity index (χ0n) is 24.9. The Morgan fingerprint density at radius 2 is 1.65 bits per heavy atom. The molecule has 8 heteroatoms. The highest BCUT2D eigenvalue weighted by Gasteiger charge is 2.46. The van der Waals surface area contributed by atoms with Gasteiger partial charge in [0.2, 0.25) is 0 Å². The Hall–Kier alpha value is -0.770. The third kappa shape index (κ3) is 8.61. The zero-order valence-corrected chi connectivity index (χ0v) is 24.9. The number of hydrogen-bond acceptors (Lipinski definition) is 8. The van der Waals surface area contributed by atoms with Crippen molar-refractivity contribution in [3.8, 4) is 0 Å². The Labute approximate surface area is 225 Å². The second-order valence-electron chi connectivity index (χ2n) is 13.0. The van der Waals surface area contributed by atoms with E-state index < -0.39 is 47.7 Å². The summed E-state index contributed by atoms with van der Waals surface area (Å²) < 4.78 is 18.5. The van der Waals surface area contributed by atoms with Crippen LogP contribution in [0.15, 0.2) is 0 Å². The van der Waals surface area contributed by atoms with E-state index in [0.29, 0.717) is 31.7 Å². The maximum Gasteiger partial charge on any atom is 0.311 e. The van der Waals surface area contributed by atoms with E-state index in [1.165, 1.54) is 6.92 Å². The van der Waals surface area contributed by atoms with Crippen LogP contribution in [0.2, 0.25) is 0 Å². The number of rotatable bonds is 3. The van der Waals surface area contributed by atoms with Crippen molar-refractivity contribution in [2.24, 2.45) is 23.7 Å². The van der Waals surface area contributed by atoms with E-state index in [4.69, 9.17) is 14.2 Å². The van der Waals surface area contributed by atoms with E-state index in [1.54, 1.807) is 6.92 Å². The van der Waals surface area contributed by atoms with Crippen molar-refractivity contribution >= 4 is 5.97 Å². The third-order valence-electron chi connectivity index (χ3n) is 8.63. The number of carbonyl (C=O) groups excluding carboxylic acids is 1. The topological polar surface area (TPSA) is 109 Å². The van der Waals surface area contributed by atoms with Crippen LogP contribution in [0.5, 0.6) is 0 Å². The number of cyclic esters (lactones) is 1. The van der Waals surface area contributed by atoms with Gasteiger partial charge in [-0.05, 0) is 85.1 Å². The van der Waals surface area contributed by atoms with Crippen molar-refractivity contribution in [3.05, 3.63) is 0 Å². The largest absolute Gasteiger partial charge is 0.459 e. The lowest BCUT2D eigenvalue weighted by molar-refractivity contribution is -0.241. The molecular weight excluding hydrogens is 474 g/mol. The van der Waals surface area contributed by atoms with Gasteiger partial charge in [0.1, 0.15) is 17.8 Å². The molecule has 0 saturated carbocycles. The first-order valence-electron chi connectivity index (χ1n) is 14.3. The smallest absolute Gasteiger partial charge is 0.311 e. The van der Waals surface area contributed by atoms with E-state index in [-0.39, 0.29) is 24.0 Å². The molecule has 8 nitrogen and oxygen atoms in total. The molecule has 12 atom stereocenters. The van der Waals surface area contributed by atoms with Crippen LogP contribution in [-0.2, 0) is 19.0 Å². The summed E-state index contributed by atoms with van der Waals surface area (Å²) in [5.74, 6) is -0.730. The fourth-order valence-electron chi connectivity index (χ4n) is 6.65. The first-order chi connectivity index (χ1) is 17.0. The monoisotopic (exact) mass is 529 g/mol. The lowest BCUT2D eigenvalue weighted by Gasteiger charge is -2.42. The van der Waals surface area contributed by atoms with Gasteiger partial charge < -0.3 is 34.4 Å². The van der Waals surface area contributed by atoms with Crippen LogP contribution in [0.3, 0.4) is 0 Å². The molecule has 37 heavy (non-hydrogen) atoms. The van der Waals surface area contributed by atoms with Gasteiger partial charge in [-0.3, -0.25) is 4.79 Å². The number of esters is 1. The van der Waals surface area contributed by atoms with Crippen molar-refractivity contribution in [1.29, 1.82) is 0 Å². The molecule has 3 N–H and O–H groups in total. The molecule has 5 unspecified atom stereocenters. The van der Waals surface area contributed by atoms with Gasteiger partial charge in [-0.25, -0.2) is 0 Å². The molecule has 0 bridgehead atoms. The maximum atomic E-state index is 13.5. The normalized spacial score (nSPS) is 48.1. The summed E-state index contributed by atoms with van der Waals surface area (Å²) >= 11 is 0. The van der Waals surface area contributed by atoms with Gasteiger partial charge in [-0.1, -0.05) is 27.7 Å². The lowest BCUT2D eigenvalue weighted by atomic mass is 9.80. The number of likely N-dealkylation sites (N-methyl/N-ethyl adjacent to an activating group) is 1. The van der Waals surface area contributed by atoms with Gasteiger partial charge in [0.25, 0.3) is 0 Å². The van der Waals surface area contributed by atoms with Crippen molar-refractivity contribution in [1.82, 2.24) is 4.90 Å². The summed E-state index contributed by atoms with van der Waals surface area (Å²) in [6, 6.07) is -0.389. The summed E-state index contributed by atoms with van der Waals surface area (Å²) in [5, 5.41) is 34.0. The van der Waals surface area contributed by atoms with E-state index in [0.717, 1.165) is 12.8 Å². The molecule has 0 radical (unpaired) electrons. The molecular formula is C29H55NO7. The predicted octanol–water partition coefficient (Wildman–Crippen LogP) is 3.74. The number of hydrogen-bond donors (Lipinski definition) is 3. The minimum Gasteiger partial charge on any atom is -0.459 e. The van der Waals surface area contributed by atoms with Crippen molar-refractivity contribution < 1.29 is 34.3 Å². The van der Waals surface area contributed by atoms with Gasteiger partial charge in [0.05, 0.1) is 23.7 Å². The van der Waals surface area contributed by atoms with Crippen LogP contribution < -0.4 is 0 Å². The number of carbonyl (C=O) groups is 1. The second kappa shape index (κ2) is 13.1. The molecule has 0 aliphatic carbocycles. The highest BCUT2D eigenvalue weighted by atomic mass is 16.7. The fourth-order valence-corrected chi connectivity index (χ4v) is 6.65. The van der Waals surface area contributed by atoms with E-state index in [9.17, 15) is 20.1 Å². The van der Waals surface area contributed by atoms with Gasteiger partial charge in [-0.2, -0.15) is 0 Å². The Kier molecular flexibility index (Phi) is 11.4. The Morgan fingerprint density at radius 1 is 1.03 bits per heavy atom. The lowest BCUT2D eigenvalue weighted by Crippen LogP contribution is -2.59. The minimum atomic E-state index is -1.65. The quantitative estimate of drug-likeness (QED) is 0.475. The van der Waals surface area contributed by atoms with Gasteiger partial charge >= 0.3 is 5.97 Å². The Bertz CT molecular complexity index is 719. The number of nitrogens with zero attached hydrogens (tertiary/aromatic N) is 1. The SMILES string of the molecule is CC[C@H]1OC(=O)C(C)[C@@H](O[C@H]2CC(C)CC(C)O2)[C@H](C)C[C@](C)(O)C[C@@H](C)CN(C)C(C)C(O)[C@]1(C)O. The number of ether oxygens (including phenoxy) is 3. The predicted molar refractivity (Wildman–Crippen MR) is 144 cm³/mol. The maximum absolute atomic E-state index is 13.5. The average molecular weight is 530 g/mol. The fraction of sp³-hybridized carbons (Fsp3) is 0.966. The van der Waals surface area contributed by atoms with Crippen LogP contribution in [0.1, 0.15) is 94.4 Å². The van der Waals surface area contributed by atoms with Crippen LogP contribution in [-0.4, -0.2) is 87.7 Å². The molecule has 0 aromatic heterocycles. The summed E-state index contributed by atoms with van der Waals surface area (Å²) in [5.41, 5.74) is -2.62. The average Bonchev–Trinajstić information content (AvgIpc) is 2.76. The molecule has 0 amide bonds. The van der Waals surface area contributed by atoms with E-state index in [2.05, 4.69) is 13.8 Å². The first kappa shape index (κ1) is 32.4. The summed E-state index contributed by atoms with van der Waals surface area (Å²) in [6.45, 7) is 17.8. The molecule has 2 aliphatic heterocycles. The number of aliphatic hydroxyl groups is 3. The van der Waals surface area contributed by atoms with Crippen molar-refractivity contribution in [3.63, 3.8) is 0 Å². The standard InChI is InChI=1S/C29H55NO7/c1-11-23-29(9,34)26(31)22(7)30(10)16-18(3)14-28(8,33)15-19(4)25(21(6)27(32)36-23)37-24-13-17(2)12-20(5)35-24/h17-26,31,33-34H,11-16H2,1-10H3/t17?,18-,19-,20?,21?,22?,23-,24+,25+,26?,28-,29-/m1/s1. The molecule has 0 spiro atoms. The summed E-state index contributed by atoms with van der Waals surface area (Å²) in [6.07, 6.45) is 0.118. The molecule has 0 aromatic carbocycles. The van der Waals surface area contributed by atoms with Crippen LogP contribution in [0.4, 0.5) is 0 Å². The summed E-state index contributed by atoms with van der Waals surface area (Å²) in [4.78, 5) is 15.5. The van der Waals surface area contributed by atoms with Crippen molar-refractivity contribution in [2.75, 3.05) is 13.6 Å². The van der Waals surface area contributed by atoms with Crippen molar-refractivity contribution in [2.45, 2.75) is 142 Å². The van der Waals surface area contributed by atoms with Gasteiger partial charge in [0, 0.05) is 19.0 Å². The molecule has 2 aliphatic rings. The minimum absolute atomic E-state index is 0.0672. The Morgan fingerprint density at radius 3 is 2.22 bits per heavy atom. The molecule has 2 fully saturated rings. The molecule has 2 saturated heterocycles. The van der Waals surface area contributed by atoms with Crippen LogP contribution in [0, 0.1) is 23.7 Å². The van der Waals surface area contributed by atoms with Crippen LogP contribution >= 0.6 is 0 Å². The summed E-state index contributed by atoms with van der Waals surface area (Å²) in [7, 11) is 1.90. The molecule has 2 heterocycles. The molecule has 0 aromatic rings. The third-order valence-corrected chi connectivity index (χ3v) is 8.63.